The Bertz CT molecular complexity index is 266. The molecule has 0 aromatic rings. The van der Waals surface area contributed by atoms with E-state index in [4.69, 9.17) is 9.47 Å². The number of guanidine groups is 1. The van der Waals surface area contributed by atoms with Crippen LogP contribution in [0.3, 0.4) is 0 Å². The number of hydrogen-bond acceptors (Lipinski definition) is 4. The van der Waals surface area contributed by atoms with E-state index in [0.717, 1.165) is 64.9 Å². The van der Waals surface area contributed by atoms with E-state index in [1.807, 2.05) is 0 Å². The second kappa shape index (κ2) is 10.9. The maximum atomic E-state index is 5.50. The van der Waals surface area contributed by atoms with E-state index in [1.165, 1.54) is 0 Å². The first kappa shape index (κ1) is 17.2. The Morgan fingerprint density at radius 2 is 1.95 bits per heavy atom. The lowest BCUT2D eigenvalue weighted by molar-refractivity contribution is 0.0389. The topological polar surface area (TPSA) is 58.1 Å². The third-order valence-corrected chi connectivity index (χ3v) is 3.11. The molecular formula is C14H30N4O2. The van der Waals surface area contributed by atoms with Crippen LogP contribution in [0.15, 0.2) is 4.99 Å². The Balaban J connectivity index is 2.01. The van der Waals surface area contributed by atoms with Crippen molar-refractivity contribution in [3.63, 3.8) is 0 Å². The average Bonchev–Trinajstić information content (AvgIpc) is 2.46. The quantitative estimate of drug-likeness (QED) is 0.382. The summed E-state index contributed by atoms with van der Waals surface area (Å²) in [6.07, 6.45) is 1.29. The zero-order valence-corrected chi connectivity index (χ0v) is 13.2. The van der Waals surface area contributed by atoms with Gasteiger partial charge in [-0.2, -0.15) is 0 Å². The van der Waals surface area contributed by atoms with Crippen molar-refractivity contribution < 1.29 is 9.47 Å². The van der Waals surface area contributed by atoms with Crippen molar-refractivity contribution in [2.24, 2.45) is 4.99 Å². The molecule has 1 aliphatic heterocycles. The van der Waals surface area contributed by atoms with E-state index >= 15 is 0 Å². The van der Waals surface area contributed by atoms with Gasteiger partial charge in [-0.05, 0) is 20.3 Å². The molecule has 0 aromatic heterocycles. The molecule has 1 rings (SSSR count). The first-order valence-electron chi connectivity index (χ1n) is 7.58. The third kappa shape index (κ3) is 8.35. The Hall–Kier alpha value is -0.850. The summed E-state index contributed by atoms with van der Waals surface area (Å²) >= 11 is 0. The molecule has 0 aliphatic carbocycles. The fourth-order valence-corrected chi connectivity index (χ4v) is 1.98. The van der Waals surface area contributed by atoms with Crippen molar-refractivity contribution in [2.45, 2.75) is 26.4 Å². The summed E-state index contributed by atoms with van der Waals surface area (Å²) in [5.74, 6) is 0.864. The van der Waals surface area contributed by atoms with Crippen LogP contribution in [0.1, 0.15) is 20.3 Å². The van der Waals surface area contributed by atoms with Crippen LogP contribution < -0.4 is 10.6 Å². The molecule has 1 heterocycles. The van der Waals surface area contributed by atoms with Crippen LogP contribution in [0.2, 0.25) is 0 Å². The predicted octanol–water partition coefficient (Wildman–Crippen LogP) is 0.299. The second-order valence-corrected chi connectivity index (χ2v) is 5.15. The highest BCUT2D eigenvalue weighted by atomic mass is 16.5. The third-order valence-electron chi connectivity index (χ3n) is 3.11. The maximum Gasteiger partial charge on any atom is 0.191 e. The molecule has 1 fully saturated rings. The summed E-state index contributed by atoms with van der Waals surface area (Å²) in [5.41, 5.74) is 0. The molecule has 118 valence electrons. The highest BCUT2D eigenvalue weighted by Crippen LogP contribution is 1.94. The van der Waals surface area contributed by atoms with Crippen LogP contribution in [0, 0.1) is 0 Å². The second-order valence-electron chi connectivity index (χ2n) is 5.15. The average molecular weight is 286 g/mol. The van der Waals surface area contributed by atoms with Crippen LogP contribution in [-0.2, 0) is 9.47 Å². The molecule has 2 N–H and O–H groups in total. The Labute approximate surface area is 122 Å². The van der Waals surface area contributed by atoms with Crippen LogP contribution in [-0.4, -0.2) is 76.6 Å². The van der Waals surface area contributed by atoms with Gasteiger partial charge in [0.1, 0.15) is 0 Å². The largest absolute Gasteiger partial charge is 0.379 e. The summed E-state index contributed by atoms with van der Waals surface area (Å²) in [6.45, 7) is 11.5. The number of rotatable bonds is 8. The summed E-state index contributed by atoms with van der Waals surface area (Å²) in [7, 11) is 1.80. The monoisotopic (exact) mass is 286 g/mol. The number of nitrogens with one attached hydrogen (secondary N) is 2. The van der Waals surface area contributed by atoms with Gasteiger partial charge in [-0.15, -0.1) is 0 Å². The summed E-state index contributed by atoms with van der Waals surface area (Å²) in [5, 5.41) is 6.63. The zero-order valence-electron chi connectivity index (χ0n) is 13.2. The van der Waals surface area contributed by atoms with Crippen LogP contribution in [0.25, 0.3) is 0 Å². The Kier molecular flexibility index (Phi) is 9.36. The van der Waals surface area contributed by atoms with Crippen LogP contribution in [0.4, 0.5) is 0 Å². The molecule has 0 aromatic carbocycles. The summed E-state index contributed by atoms with van der Waals surface area (Å²) in [6, 6.07) is 0. The van der Waals surface area contributed by atoms with Gasteiger partial charge in [-0.1, -0.05) is 0 Å². The van der Waals surface area contributed by atoms with Crippen molar-refractivity contribution in [3.8, 4) is 0 Å². The van der Waals surface area contributed by atoms with E-state index in [0.29, 0.717) is 6.10 Å². The number of hydrogen-bond donors (Lipinski definition) is 2. The van der Waals surface area contributed by atoms with E-state index in [-0.39, 0.29) is 0 Å². The zero-order chi connectivity index (χ0) is 14.6. The molecule has 0 amide bonds. The van der Waals surface area contributed by atoms with Crippen molar-refractivity contribution in [1.82, 2.24) is 15.5 Å². The highest BCUT2D eigenvalue weighted by Gasteiger charge is 2.09. The first-order chi connectivity index (χ1) is 9.72. The molecule has 0 radical (unpaired) electrons. The molecule has 0 unspecified atom stereocenters. The normalized spacial score (nSPS) is 17.5. The Morgan fingerprint density at radius 3 is 2.60 bits per heavy atom. The van der Waals surface area contributed by atoms with E-state index in [1.54, 1.807) is 7.05 Å². The van der Waals surface area contributed by atoms with Gasteiger partial charge in [0.05, 0.1) is 19.3 Å². The molecular weight excluding hydrogens is 256 g/mol. The SMILES string of the molecule is CN=C(NCCCOC(C)C)NCCN1CCOCC1. The van der Waals surface area contributed by atoms with Crippen molar-refractivity contribution >= 4 is 5.96 Å². The van der Waals surface area contributed by atoms with Gasteiger partial charge in [0.25, 0.3) is 0 Å². The first-order valence-corrected chi connectivity index (χ1v) is 7.58. The molecule has 6 heteroatoms. The number of ether oxygens (including phenoxy) is 2. The van der Waals surface area contributed by atoms with Gasteiger partial charge in [-0.25, -0.2) is 0 Å². The highest BCUT2D eigenvalue weighted by molar-refractivity contribution is 5.79. The number of nitrogens with zero attached hydrogens (tertiary/aromatic N) is 2. The summed E-state index contributed by atoms with van der Waals surface area (Å²) in [4.78, 5) is 6.62. The molecule has 1 saturated heterocycles. The molecule has 0 saturated carbocycles. The number of morpholine rings is 1. The maximum absolute atomic E-state index is 5.50. The van der Waals surface area contributed by atoms with Crippen LogP contribution in [0.5, 0.6) is 0 Å². The van der Waals surface area contributed by atoms with Gasteiger partial charge < -0.3 is 20.1 Å². The van der Waals surface area contributed by atoms with Gasteiger partial charge in [-0.3, -0.25) is 9.89 Å². The van der Waals surface area contributed by atoms with E-state index < -0.39 is 0 Å². The number of aliphatic imine (C=N–C) groups is 1. The van der Waals surface area contributed by atoms with Crippen LogP contribution >= 0.6 is 0 Å². The summed E-state index contributed by atoms with van der Waals surface area (Å²) < 4.78 is 10.8. The lowest BCUT2D eigenvalue weighted by Gasteiger charge is -2.26. The predicted molar refractivity (Wildman–Crippen MR) is 82.3 cm³/mol. The Morgan fingerprint density at radius 1 is 1.25 bits per heavy atom. The minimum absolute atomic E-state index is 0.306. The van der Waals surface area contributed by atoms with E-state index in [9.17, 15) is 0 Å². The van der Waals surface area contributed by atoms with Gasteiger partial charge in [0.15, 0.2) is 5.96 Å². The van der Waals surface area contributed by atoms with Gasteiger partial charge in [0.2, 0.25) is 0 Å². The van der Waals surface area contributed by atoms with Crippen molar-refractivity contribution in [1.29, 1.82) is 0 Å². The fourth-order valence-electron chi connectivity index (χ4n) is 1.98. The molecule has 1 aliphatic rings. The minimum atomic E-state index is 0.306. The smallest absolute Gasteiger partial charge is 0.191 e. The van der Waals surface area contributed by atoms with Crippen molar-refractivity contribution in [2.75, 3.05) is 59.6 Å². The minimum Gasteiger partial charge on any atom is -0.379 e. The van der Waals surface area contributed by atoms with Crippen molar-refractivity contribution in [3.05, 3.63) is 0 Å². The standard InChI is InChI=1S/C14H30N4O2/c1-13(2)20-10-4-5-16-14(15-3)17-6-7-18-8-11-19-12-9-18/h13H,4-12H2,1-3H3,(H2,15,16,17). The lowest BCUT2D eigenvalue weighted by atomic mass is 10.4. The lowest BCUT2D eigenvalue weighted by Crippen LogP contribution is -2.44. The molecule has 6 nitrogen and oxygen atoms in total. The molecule has 20 heavy (non-hydrogen) atoms. The van der Waals surface area contributed by atoms with Gasteiger partial charge in [0, 0.05) is 46.4 Å². The van der Waals surface area contributed by atoms with E-state index in [2.05, 4.69) is 34.4 Å². The van der Waals surface area contributed by atoms with Gasteiger partial charge >= 0.3 is 0 Å². The molecule has 0 spiro atoms. The molecule has 0 bridgehead atoms. The fraction of sp³-hybridized carbons (Fsp3) is 0.929. The molecule has 0 atom stereocenters.